The summed E-state index contributed by atoms with van der Waals surface area (Å²) in [6.07, 6.45) is 0. The van der Waals surface area contributed by atoms with Gasteiger partial charge in [0.25, 0.3) is 0 Å². The second kappa shape index (κ2) is 8.32. The minimum absolute atomic E-state index is 0.0371. The molecule has 0 fully saturated rings. The molecule has 3 nitrogen and oxygen atoms in total. The van der Waals surface area contributed by atoms with Gasteiger partial charge in [0, 0.05) is 15.8 Å². The predicted molar refractivity (Wildman–Crippen MR) is 107 cm³/mol. The Morgan fingerprint density at radius 1 is 1.12 bits per heavy atom. The van der Waals surface area contributed by atoms with Gasteiger partial charge >= 0.3 is 0 Å². The number of anilines is 1. The summed E-state index contributed by atoms with van der Waals surface area (Å²) in [4.78, 5) is 17.7. The van der Waals surface area contributed by atoms with Gasteiger partial charge in [0.2, 0.25) is 5.91 Å². The molecule has 1 amide bonds. The highest BCUT2D eigenvalue weighted by Crippen LogP contribution is 2.27. The first-order chi connectivity index (χ1) is 12.1. The molecule has 2 aromatic carbocycles. The molecule has 0 atom stereocenters. The van der Waals surface area contributed by atoms with Crippen LogP contribution in [0.5, 0.6) is 0 Å². The topological polar surface area (TPSA) is 42.0 Å². The third kappa shape index (κ3) is 4.94. The van der Waals surface area contributed by atoms with E-state index in [0.717, 1.165) is 16.2 Å². The number of hydrogen-bond acceptors (Lipinski definition) is 4. The zero-order chi connectivity index (χ0) is 17.6. The van der Waals surface area contributed by atoms with Crippen LogP contribution in [0.4, 0.5) is 5.13 Å². The molecule has 1 N–H and O–H groups in total. The Morgan fingerprint density at radius 2 is 1.84 bits per heavy atom. The summed E-state index contributed by atoms with van der Waals surface area (Å²) in [5.74, 6) is 0.855. The molecule has 1 heterocycles. The van der Waals surface area contributed by atoms with Crippen molar-refractivity contribution in [3.63, 3.8) is 0 Å². The lowest BCUT2D eigenvalue weighted by molar-refractivity contribution is -0.113. The van der Waals surface area contributed by atoms with Gasteiger partial charge in [-0.3, -0.25) is 4.79 Å². The molecule has 0 aliphatic carbocycles. The average Bonchev–Trinajstić information content (AvgIpc) is 3.09. The van der Waals surface area contributed by atoms with E-state index in [4.69, 9.17) is 0 Å². The molecule has 0 aliphatic heterocycles. The Labute approximate surface area is 156 Å². The van der Waals surface area contributed by atoms with Gasteiger partial charge in [-0.05, 0) is 23.6 Å². The number of thiazole rings is 1. The van der Waals surface area contributed by atoms with Crippen LogP contribution < -0.4 is 5.32 Å². The second-order valence-electron chi connectivity index (χ2n) is 5.96. The van der Waals surface area contributed by atoms with Crippen molar-refractivity contribution in [3.05, 3.63) is 65.5 Å². The number of carbonyl (C=O) groups excluding carboxylic acids is 1. The van der Waals surface area contributed by atoms with Crippen LogP contribution in [0.15, 0.2) is 64.9 Å². The predicted octanol–water partition coefficient (Wildman–Crippen LogP) is 5.66. The summed E-state index contributed by atoms with van der Waals surface area (Å²) >= 11 is 2.97. The summed E-state index contributed by atoms with van der Waals surface area (Å²) in [5.41, 5.74) is 3.27. The fourth-order valence-corrected chi connectivity index (χ4v) is 3.78. The van der Waals surface area contributed by atoms with Gasteiger partial charge in [-0.15, -0.1) is 23.1 Å². The number of hydrogen-bond donors (Lipinski definition) is 1. The molecule has 0 unspecified atom stereocenters. The van der Waals surface area contributed by atoms with Crippen molar-refractivity contribution in [1.29, 1.82) is 0 Å². The lowest BCUT2D eigenvalue weighted by Crippen LogP contribution is -2.13. The van der Waals surface area contributed by atoms with Crippen LogP contribution in [-0.4, -0.2) is 16.6 Å². The standard InChI is InChI=1S/C20H20N2OS2/c1-14(2)15-8-10-16(11-9-15)18-12-25-20(21-18)22-19(23)13-24-17-6-4-3-5-7-17/h3-12,14H,13H2,1-2H3,(H,21,22,23). The van der Waals surface area contributed by atoms with E-state index in [2.05, 4.69) is 48.4 Å². The lowest BCUT2D eigenvalue weighted by atomic mass is 10.0. The van der Waals surface area contributed by atoms with Crippen LogP contribution in [-0.2, 0) is 4.79 Å². The molecule has 5 heteroatoms. The van der Waals surface area contributed by atoms with Crippen molar-refractivity contribution in [2.45, 2.75) is 24.7 Å². The largest absolute Gasteiger partial charge is 0.301 e. The maximum Gasteiger partial charge on any atom is 0.236 e. The first-order valence-electron chi connectivity index (χ1n) is 8.15. The monoisotopic (exact) mass is 368 g/mol. The summed E-state index contributed by atoms with van der Waals surface area (Å²) in [6.45, 7) is 4.36. The number of nitrogens with zero attached hydrogens (tertiary/aromatic N) is 1. The molecule has 0 saturated heterocycles. The van der Waals surface area contributed by atoms with Crippen molar-refractivity contribution in [2.24, 2.45) is 0 Å². The molecule has 0 aliphatic rings. The van der Waals surface area contributed by atoms with Crippen LogP contribution in [0, 0.1) is 0 Å². The number of thioether (sulfide) groups is 1. The van der Waals surface area contributed by atoms with Gasteiger partial charge in [-0.1, -0.05) is 56.3 Å². The minimum atomic E-state index is -0.0371. The Bertz CT molecular complexity index is 826. The van der Waals surface area contributed by atoms with E-state index < -0.39 is 0 Å². The number of rotatable bonds is 6. The van der Waals surface area contributed by atoms with Crippen LogP contribution in [0.25, 0.3) is 11.3 Å². The zero-order valence-corrected chi connectivity index (χ0v) is 15.9. The zero-order valence-electron chi connectivity index (χ0n) is 14.2. The Kier molecular flexibility index (Phi) is 5.89. The fraction of sp³-hybridized carbons (Fsp3) is 0.200. The fourth-order valence-electron chi connectivity index (χ4n) is 2.32. The van der Waals surface area contributed by atoms with Crippen molar-refractivity contribution >= 4 is 34.1 Å². The number of nitrogens with one attached hydrogen (secondary N) is 1. The Hall–Kier alpha value is -2.11. The molecular formula is C20H20N2OS2. The van der Waals surface area contributed by atoms with Gasteiger partial charge in [0.15, 0.2) is 5.13 Å². The molecule has 3 rings (SSSR count). The highest BCUT2D eigenvalue weighted by molar-refractivity contribution is 8.00. The maximum absolute atomic E-state index is 12.1. The summed E-state index contributed by atoms with van der Waals surface area (Å²) < 4.78 is 0. The normalized spacial score (nSPS) is 10.8. The van der Waals surface area contributed by atoms with Crippen LogP contribution in [0.3, 0.4) is 0 Å². The smallest absolute Gasteiger partial charge is 0.236 e. The first-order valence-corrected chi connectivity index (χ1v) is 10.0. The quantitative estimate of drug-likeness (QED) is 0.570. The van der Waals surface area contributed by atoms with Crippen molar-refractivity contribution in [1.82, 2.24) is 4.98 Å². The van der Waals surface area contributed by atoms with Gasteiger partial charge < -0.3 is 5.32 Å². The molecule has 128 valence electrons. The van der Waals surface area contributed by atoms with Crippen molar-refractivity contribution in [2.75, 3.05) is 11.1 Å². The second-order valence-corrected chi connectivity index (χ2v) is 7.87. The van der Waals surface area contributed by atoms with Gasteiger partial charge in [-0.25, -0.2) is 4.98 Å². The van der Waals surface area contributed by atoms with E-state index in [0.29, 0.717) is 16.8 Å². The maximum atomic E-state index is 12.1. The van der Waals surface area contributed by atoms with Gasteiger partial charge in [0.05, 0.1) is 11.4 Å². The number of benzene rings is 2. The van der Waals surface area contributed by atoms with E-state index in [1.165, 1.54) is 28.7 Å². The molecule has 0 spiro atoms. The van der Waals surface area contributed by atoms with E-state index >= 15 is 0 Å². The van der Waals surface area contributed by atoms with E-state index in [-0.39, 0.29) is 5.91 Å². The van der Waals surface area contributed by atoms with Crippen molar-refractivity contribution < 1.29 is 4.79 Å². The van der Waals surface area contributed by atoms with E-state index in [9.17, 15) is 4.79 Å². The summed E-state index contributed by atoms with van der Waals surface area (Å²) in [5, 5.41) is 5.50. The minimum Gasteiger partial charge on any atom is -0.301 e. The number of aromatic nitrogens is 1. The van der Waals surface area contributed by atoms with Crippen molar-refractivity contribution in [3.8, 4) is 11.3 Å². The molecule has 25 heavy (non-hydrogen) atoms. The third-order valence-electron chi connectivity index (χ3n) is 3.74. The van der Waals surface area contributed by atoms with E-state index in [1.807, 2.05) is 35.7 Å². The summed E-state index contributed by atoms with van der Waals surface area (Å²) in [7, 11) is 0. The van der Waals surface area contributed by atoms with Crippen LogP contribution >= 0.6 is 23.1 Å². The number of amides is 1. The third-order valence-corrected chi connectivity index (χ3v) is 5.51. The number of carbonyl (C=O) groups is 1. The average molecular weight is 369 g/mol. The Balaban J connectivity index is 1.58. The molecule has 0 bridgehead atoms. The molecule has 0 radical (unpaired) electrons. The SMILES string of the molecule is CC(C)c1ccc(-c2csc(NC(=O)CSc3ccccc3)n2)cc1. The summed E-state index contributed by atoms with van der Waals surface area (Å²) in [6, 6.07) is 18.3. The molecule has 3 aromatic rings. The van der Waals surface area contributed by atoms with Gasteiger partial charge in [-0.2, -0.15) is 0 Å². The van der Waals surface area contributed by atoms with E-state index in [1.54, 1.807) is 0 Å². The lowest BCUT2D eigenvalue weighted by Gasteiger charge is -2.05. The van der Waals surface area contributed by atoms with Crippen LogP contribution in [0.1, 0.15) is 25.3 Å². The molecule has 0 saturated carbocycles. The molecule has 1 aromatic heterocycles. The highest BCUT2D eigenvalue weighted by atomic mass is 32.2. The Morgan fingerprint density at radius 3 is 2.52 bits per heavy atom. The first kappa shape index (κ1) is 17.7. The van der Waals surface area contributed by atoms with Gasteiger partial charge in [0.1, 0.15) is 0 Å². The van der Waals surface area contributed by atoms with Crippen LogP contribution in [0.2, 0.25) is 0 Å². The highest BCUT2D eigenvalue weighted by Gasteiger charge is 2.09. The molecular weight excluding hydrogens is 348 g/mol.